The van der Waals surface area contributed by atoms with Crippen LogP contribution in [0.4, 0.5) is 0 Å². The predicted octanol–water partition coefficient (Wildman–Crippen LogP) is 0.827. The normalized spacial score (nSPS) is 15.5. The molecule has 76 valence electrons. The largest absolute Gasteiger partial charge is 0.481 e. The van der Waals surface area contributed by atoms with E-state index in [9.17, 15) is 14.7 Å². The third-order valence-corrected chi connectivity index (χ3v) is 1.72. The van der Waals surface area contributed by atoms with Crippen molar-refractivity contribution in [3.05, 3.63) is 0 Å². The van der Waals surface area contributed by atoms with Gasteiger partial charge in [0.1, 0.15) is 12.0 Å². The van der Waals surface area contributed by atoms with Crippen LogP contribution in [0, 0.1) is 5.92 Å². The predicted molar refractivity (Wildman–Crippen MR) is 47.3 cm³/mol. The molecule has 0 amide bonds. The van der Waals surface area contributed by atoms with Crippen LogP contribution >= 0.6 is 0 Å². The van der Waals surface area contributed by atoms with Crippen molar-refractivity contribution >= 4 is 11.8 Å². The smallest absolute Gasteiger partial charge is 0.310 e. The van der Waals surface area contributed by atoms with Crippen LogP contribution in [0.3, 0.4) is 0 Å². The van der Waals surface area contributed by atoms with Crippen molar-refractivity contribution in [3.63, 3.8) is 0 Å². The van der Waals surface area contributed by atoms with E-state index in [1.807, 2.05) is 13.8 Å². The Morgan fingerprint density at radius 3 is 2.15 bits per heavy atom. The van der Waals surface area contributed by atoms with Crippen LogP contribution in [0.5, 0.6) is 0 Å². The summed E-state index contributed by atoms with van der Waals surface area (Å²) < 4.78 is 0. The number of hydrogen-bond donors (Lipinski definition) is 2. The SMILES string of the molecule is CC(C)CC(C)(O)C(=O)CC(=O)O. The number of carbonyl (C=O) groups is 2. The quantitative estimate of drug-likeness (QED) is 0.626. The summed E-state index contributed by atoms with van der Waals surface area (Å²) in [5.74, 6) is -1.67. The van der Waals surface area contributed by atoms with E-state index in [-0.39, 0.29) is 5.92 Å². The van der Waals surface area contributed by atoms with Crippen LogP contribution in [0.15, 0.2) is 0 Å². The molecule has 0 aromatic carbocycles. The van der Waals surface area contributed by atoms with E-state index in [1.165, 1.54) is 6.92 Å². The molecule has 2 N–H and O–H groups in total. The molecule has 0 aromatic rings. The molecular formula is C9H16O4. The van der Waals surface area contributed by atoms with Gasteiger partial charge in [0, 0.05) is 0 Å². The van der Waals surface area contributed by atoms with Crippen LogP contribution in [0.2, 0.25) is 0 Å². The van der Waals surface area contributed by atoms with Crippen LogP contribution in [0.25, 0.3) is 0 Å². The Balaban J connectivity index is 4.27. The number of rotatable bonds is 5. The molecule has 0 fully saturated rings. The van der Waals surface area contributed by atoms with Gasteiger partial charge in [-0.3, -0.25) is 9.59 Å². The second kappa shape index (κ2) is 4.37. The lowest BCUT2D eigenvalue weighted by Gasteiger charge is -2.22. The Kier molecular flexibility index (Phi) is 4.07. The minimum atomic E-state index is -1.51. The molecule has 0 aromatic heterocycles. The highest BCUT2D eigenvalue weighted by Gasteiger charge is 2.31. The molecule has 0 aliphatic rings. The van der Waals surface area contributed by atoms with E-state index in [2.05, 4.69) is 0 Å². The number of aliphatic hydroxyl groups is 1. The summed E-state index contributed by atoms with van der Waals surface area (Å²) in [4.78, 5) is 21.4. The van der Waals surface area contributed by atoms with Gasteiger partial charge in [-0.15, -0.1) is 0 Å². The summed E-state index contributed by atoms with van der Waals surface area (Å²) in [6.45, 7) is 5.09. The molecule has 4 nitrogen and oxygen atoms in total. The molecule has 4 heteroatoms. The van der Waals surface area contributed by atoms with E-state index < -0.39 is 23.8 Å². The number of aliphatic carboxylic acids is 1. The van der Waals surface area contributed by atoms with Crippen molar-refractivity contribution in [2.75, 3.05) is 0 Å². The second-order valence-electron chi connectivity index (χ2n) is 3.87. The first kappa shape index (κ1) is 12.1. The summed E-state index contributed by atoms with van der Waals surface area (Å²) in [5, 5.41) is 17.9. The van der Waals surface area contributed by atoms with E-state index in [0.29, 0.717) is 6.42 Å². The Hall–Kier alpha value is -0.900. The Labute approximate surface area is 77.6 Å². The van der Waals surface area contributed by atoms with Crippen molar-refractivity contribution in [2.24, 2.45) is 5.92 Å². The van der Waals surface area contributed by atoms with Gasteiger partial charge in [0.2, 0.25) is 0 Å². The molecular weight excluding hydrogens is 172 g/mol. The zero-order chi connectivity index (χ0) is 10.6. The molecule has 0 aliphatic carbocycles. The van der Waals surface area contributed by atoms with Gasteiger partial charge >= 0.3 is 5.97 Å². The maximum Gasteiger partial charge on any atom is 0.310 e. The van der Waals surface area contributed by atoms with Crippen molar-refractivity contribution in [2.45, 2.75) is 39.2 Å². The molecule has 0 saturated heterocycles. The van der Waals surface area contributed by atoms with Crippen LogP contribution in [0.1, 0.15) is 33.6 Å². The fourth-order valence-corrected chi connectivity index (χ4v) is 1.24. The van der Waals surface area contributed by atoms with Gasteiger partial charge in [-0.25, -0.2) is 0 Å². The first-order valence-electron chi connectivity index (χ1n) is 4.23. The van der Waals surface area contributed by atoms with Crippen LogP contribution in [-0.4, -0.2) is 27.6 Å². The molecule has 0 bridgehead atoms. The highest BCUT2D eigenvalue weighted by molar-refractivity contribution is 5.99. The minimum Gasteiger partial charge on any atom is -0.481 e. The van der Waals surface area contributed by atoms with Crippen molar-refractivity contribution < 1.29 is 19.8 Å². The number of hydrogen-bond acceptors (Lipinski definition) is 3. The summed E-state index contributed by atoms with van der Waals surface area (Å²) >= 11 is 0. The van der Waals surface area contributed by atoms with E-state index in [0.717, 1.165) is 0 Å². The lowest BCUT2D eigenvalue weighted by atomic mass is 9.89. The molecule has 0 radical (unpaired) electrons. The molecule has 1 unspecified atom stereocenters. The molecule has 0 aliphatic heterocycles. The van der Waals surface area contributed by atoms with Crippen LogP contribution in [-0.2, 0) is 9.59 Å². The fraction of sp³-hybridized carbons (Fsp3) is 0.778. The lowest BCUT2D eigenvalue weighted by molar-refractivity contribution is -0.147. The fourth-order valence-electron chi connectivity index (χ4n) is 1.24. The molecule has 1 atom stereocenters. The van der Waals surface area contributed by atoms with Crippen molar-refractivity contribution in [1.82, 2.24) is 0 Å². The zero-order valence-electron chi connectivity index (χ0n) is 8.20. The van der Waals surface area contributed by atoms with Gasteiger partial charge in [0.25, 0.3) is 0 Å². The minimum absolute atomic E-state index is 0.160. The van der Waals surface area contributed by atoms with Gasteiger partial charge in [0.05, 0.1) is 0 Å². The maximum absolute atomic E-state index is 11.2. The first-order chi connectivity index (χ1) is 5.75. The summed E-state index contributed by atoms with van der Waals surface area (Å²) in [7, 11) is 0. The number of ketones is 1. The maximum atomic E-state index is 11.2. The number of carboxylic acid groups (broad SMARTS) is 1. The van der Waals surface area contributed by atoms with Gasteiger partial charge < -0.3 is 10.2 Å². The van der Waals surface area contributed by atoms with E-state index in [1.54, 1.807) is 0 Å². The second-order valence-corrected chi connectivity index (χ2v) is 3.87. The Morgan fingerprint density at radius 1 is 1.38 bits per heavy atom. The monoisotopic (exact) mass is 188 g/mol. The van der Waals surface area contributed by atoms with E-state index >= 15 is 0 Å². The molecule has 0 spiro atoms. The third kappa shape index (κ3) is 4.62. The van der Waals surface area contributed by atoms with Gasteiger partial charge in [-0.2, -0.15) is 0 Å². The van der Waals surface area contributed by atoms with E-state index in [4.69, 9.17) is 5.11 Å². The number of carboxylic acids is 1. The number of Topliss-reactive ketones (excluding diaryl/α,β-unsaturated/α-hetero) is 1. The average molecular weight is 188 g/mol. The molecule has 0 saturated carbocycles. The molecule has 13 heavy (non-hydrogen) atoms. The Morgan fingerprint density at radius 2 is 1.85 bits per heavy atom. The zero-order valence-corrected chi connectivity index (χ0v) is 8.20. The Bertz CT molecular complexity index is 206. The summed E-state index contributed by atoms with van der Waals surface area (Å²) in [6, 6.07) is 0. The van der Waals surface area contributed by atoms with Gasteiger partial charge in [0.15, 0.2) is 5.78 Å². The third-order valence-electron chi connectivity index (χ3n) is 1.72. The first-order valence-corrected chi connectivity index (χ1v) is 4.23. The topological polar surface area (TPSA) is 74.6 Å². The van der Waals surface area contributed by atoms with Crippen molar-refractivity contribution in [1.29, 1.82) is 0 Å². The standard InChI is InChI=1S/C9H16O4/c1-6(2)5-9(3,13)7(10)4-8(11)12/h6,13H,4-5H2,1-3H3,(H,11,12). The summed E-state index contributed by atoms with van der Waals surface area (Å²) in [6.07, 6.45) is -0.321. The molecule has 0 heterocycles. The highest BCUT2D eigenvalue weighted by atomic mass is 16.4. The van der Waals surface area contributed by atoms with Crippen molar-refractivity contribution in [3.8, 4) is 0 Å². The molecule has 0 rings (SSSR count). The average Bonchev–Trinajstić information content (AvgIpc) is 1.81. The van der Waals surface area contributed by atoms with Gasteiger partial charge in [-0.1, -0.05) is 13.8 Å². The van der Waals surface area contributed by atoms with Gasteiger partial charge in [-0.05, 0) is 19.3 Å². The van der Waals surface area contributed by atoms with Crippen LogP contribution < -0.4 is 0 Å². The number of carbonyl (C=O) groups excluding carboxylic acids is 1. The lowest BCUT2D eigenvalue weighted by Crippen LogP contribution is -2.37. The highest BCUT2D eigenvalue weighted by Crippen LogP contribution is 2.18. The summed E-state index contributed by atoms with van der Waals surface area (Å²) in [5.41, 5.74) is -1.51.